The average Bonchev–Trinajstić information content (AvgIpc) is 2.22. The lowest BCUT2D eigenvalue weighted by atomic mass is 9.86. The molecule has 6 heteroatoms. The van der Waals surface area contributed by atoms with Gasteiger partial charge in [-0.05, 0) is 32.9 Å². The molecular formula is C14H17ClFNO3. The maximum Gasteiger partial charge on any atom is 0.410 e. The van der Waals surface area contributed by atoms with Crippen molar-refractivity contribution in [3.05, 3.63) is 34.6 Å². The van der Waals surface area contributed by atoms with Gasteiger partial charge in [-0.15, -0.1) is 0 Å². The number of rotatable bonds is 1. The van der Waals surface area contributed by atoms with Crippen LogP contribution in [0.15, 0.2) is 18.2 Å². The van der Waals surface area contributed by atoms with E-state index in [1.165, 1.54) is 17.0 Å². The molecule has 1 fully saturated rings. The first-order valence-electron chi connectivity index (χ1n) is 6.27. The van der Waals surface area contributed by atoms with E-state index < -0.39 is 23.1 Å². The lowest BCUT2D eigenvalue weighted by Crippen LogP contribution is -2.62. The smallest absolute Gasteiger partial charge is 0.410 e. The highest BCUT2D eigenvalue weighted by molar-refractivity contribution is 6.30. The number of hydrogen-bond acceptors (Lipinski definition) is 3. The largest absolute Gasteiger partial charge is 0.444 e. The maximum atomic E-state index is 13.8. The molecule has 0 radical (unpaired) electrons. The maximum absolute atomic E-state index is 13.8. The third kappa shape index (κ3) is 3.04. The number of amides is 1. The second kappa shape index (κ2) is 4.90. The van der Waals surface area contributed by atoms with Gasteiger partial charge < -0.3 is 14.7 Å². The Balaban J connectivity index is 2.05. The van der Waals surface area contributed by atoms with Crippen molar-refractivity contribution in [2.24, 2.45) is 0 Å². The SMILES string of the molecule is CC(C)(C)OC(=O)N1CC(O)(c2ccc(Cl)cc2F)C1. The topological polar surface area (TPSA) is 49.8 Å². The second-order valence-electron chi connectivity index (χ2n) is 5.99. The monoisotopic (exact) mass is 301 g/mol. The summed E-state index contributed by atoms with van der Waals surface area (Å²) in [6.45, 7) is 5.28. The number of β-amino-alcohol motifs (C(OH)–C–C–N with tert-alkyl or cyclic N) is 1. The molecule has 1 N–H and O–H groups in total. The quantitative estimate of drug-likeness (QED) is 0.867. The van der Waals surface area contributed by atoms with Crippen LogP contribution in [0.2, 0.25) is 5.02 Å². The molecule has 0 bridgehead atoms. The predicted octanol–water partition coefficient (Wildman–Crippen LogP) is 2.92. The Morgan fingerprint density at radius 3 is 2.55 bits per heavy atom. The highest BCUT2D eigenvalue weighted by atomic mass is 35.5. The zero-order valence-electron chi connectivity index (χ0n) is 11.6. The van der Waals surface area contributed by atoms with Crippen LogP contribution in [0.25, 0.3) is 0 Å². The van der Waals surface area contributed by atoms with Crippen molar-refractivity contribution in [3.8, 4) is 0 Å². The Morgan fingerprint density at radius 2 is 2.05 bits per heavy atom. The molecule has 0 aliphatic carbocycles. The van der Waals surface area contributed by atoms with Crippen LogP contribution in [0, 0.1) is 5.82 Å². The fourth-order valence-electron chi connectivity index (χ4n) is 2.08. The summed E-state index contributed by atoms with van der Waals surface area (Å²) < 4.78 is 19.0. The van der Waals surface area contributed by atoms with Gasteiger partial charge in [-0.1, -0.05) is 17.7 Å². The van der Waals surface area contributed by atoms with Gasteiger partial charge in [0.25, 0.3) is 0 Å². The van der Waals surface area contributed by atoms with E-state index >= 15 is 0 Å². The first kappa shape index (κ1) is 15.1. The normalized spacial score (nSPS) is 17.6. The minimum Gasteiger partial charge on any atom is -0.444 e. The van der Waals surface area contributed by atoms with Crippen LogP contribution in [-0.2, 0) is 10.3 Å². The molecule has 20 heavy (non-hydrogen) atoms. The zero-order valence-corrected chi connectivity index (χ0v) is 12.4. The zero-order chi connectivity index (χ0) is 15.1. The molecule has 1 heterocycles. The molecule has 0 unspecified atom stereocenters. The minimum atomic E-state index is -1.38. The van der Waals surface area contributed by atoms with Gasteiger partial charge in [0.15, 0.2) is 0 Å². The summed E-state index contributed by atoms with van der Waals surface area (Å²) in [7, 11) is 0. The molecule has 0 atom stereocenters. The third-order valence-electron chi connectivity index (χ3n) is 2.99. The number of benzene rings is 1. The van der Waals surface area contributed by atoms with E-state index in [1.807, 2.05) is 0 Å². The summed E-state index contributed by atoms with van der Waals surface area (Å²) in [5.74, 6) is -0.580. The van der Waals surface area contributed by atoms with Gasteiger partial charge in [0.05, 0.1) is 13.1 Å². The number of nitrogens with zero attached hydrogens (tertiary/aromatic N) is 1. The number of halogens is 2. The molecule has 110 valence electrons. The van der Waals surface area contributed by atoms with Crippen molar-refractivity contribution in [1.82, 2.24) is 4.90 Å². The van der Waals surface area contributed by atoms with Crippen molar-refractivity contribution in [2.75, 3.05) is 13.1 Å². The van der Waals surface area contributed by atoms with Crippen LogP contribution in [0.3, 0.4) is 0 Å². The molecule has 0 spiro atoms. The number of carbonyl (C=O) groups excluding carboxylic acids is 1. The van der Waals surface area contributed by atoms with Gasteiger partial charge in [0.2, 0.25) is 0 Å². The van der Waals surface area contributed by atoms with E-state index in [4.69, 9.17) is 16.3 Å². The summed E-state index contributed by atoms with van der Waals surface area (Å²) in [6, 6.07) is 4.09. The molecule has 1 amide bonds. The van der Waals surface area contributed by atoms with Crippen LogP contribution in [-0.4, -0.2) is 34.8 Å². The van der Waals surface area contributed by atoms with Crippen molar-refractivity contribution < 1.29 is 19.0 Å². The number of ether oxygens (including phenoxy) is 1. The number of aliphatic hydroxyl groups is 1. The Bertz CT molecular complexity index is 536. The van der Waals surface area contributed by atoms with E-state index in [-0.39, 0.29) is 23.7 Å². The molecule has 1 aromatic rings. The summed E-state index contributed by atoms with van der Waals surface area (Å²) >= 11 is 5.67. The third-order valence-corrected chi connectivity index (χ3v) is 3.22. The minimum absolute atomic E-state index is 0.000462. The van der Waals surface area contributed by atoms with Crippen molar-refractivity contribution >= 4 is 17.7 Å². The van der Waals surface area contributed by atoms with Gasteiger partial charge in [-0.3, -0.25) is 0 Å². The van der Waals surface area contributed by atoms with Crippen molar-refractivity contribution in [2.45, 2.75) is 32.0 Å². The summed E-state index contributed by atoms with van der Waals surface area (Å²) in [5, 5.41) is 10.6. The van der Waals surface area contributed by atoms with Crippen molar-refractivity contribution in [1.29, 1.82) is 0 Å². The molecule has 1 aromatic carbocycles. The summed E-state index contributed by atoms with van der Waals surface area (Å²) in [4.78, 5) is 13.1. The van der Waals surface area contributed by atoms with Gasteiger partial charge in [-0.25, -0.2) is 9.18 Å². The van der Waals surface area contributed by atoms with Gasteiger partial charge in [0.1, 0.15) is 17.0 Å². The van der Waals surface area contributed by atoms with Gasteiger partial charge >= 0.3 is 6.09 Å². The fourth-order valence-corrected chi connectivity index (χ4v) is 2.24. The van der Waals surface area contributed by atoms with Crippen LogP contribution >= 0.6 is 11.6 Å². The molecule has 4 nitrogen and oxygen atoms in total. The number of hydrogen-bond donors (Lipinski definition) is 1. The summed E-state index contributed by atoms with van der Waals surface area (Å²) in [5.41, 5.74) is -1.84. The lowest BCUT2D eigenvalue weighted by molar-refractivity contribution is -0.105. The lowest BCUT2D eigenvalue weighted by Gasteiger charge is -2.46. The molecule has 1 saturated heterocycles. The molecule has 2 rings (SSSR count). The highest BCUT2D eigenvalue weighted by Gasteiger charge is 2.47. The van der Waals surface area contributed by atoms with Gasteiger partial charge in [-0.2, -0.15) is 0 Å². The Labute approximate surface area is 122 Å². The van der Waals surface area contributed by atoms with Crippen LogP contribution in [0.1, 0.15) is 26.3 Å². The Hall–Kier alpha value is -1.33. The molecule has 0 aromatic heterocycles. The first-order valence-corrected chi connectivity index (χ1v) is 6.64. The molecule has 1 aliphatic heterocycles. The van der Waals surface area contributed by atoms with E-state index in [2.05, 4.69) is 0 Å². The van der Waals surface area contributed by atoms with Gasteiger partial charge in [0, 0.05) is 10.6 Å². The van der Waals surface area contributed by atoms with Crippen molar-refractivity contribution in [3.63, 3.8) is 0 Å². The standard InChI is InChI=1S/C14H17ClFNO3/c1-13(2,3)20-12(18)17-7-14(19,8-17)10-5-4-9(15)6-11(10)16/h4-6,19H,7-8H2,1-3H3. The second-order valence-corrected chi connectivity index (χ2v) is 6.43. The van der Waals surface area contributed by atoms with Crippen LogP contribution in [0.4, 0.5) is 9.18 Å². The number of likely N-dealkylation sites (tertiary alicyclic amines) is 1. The predicted molar refractivity (Wildman–Crippen MR) is 73.1 cm³/mol. The Kier molecular flexibility index (Phi) is 3.69. The van der Waals surface area contributed by atoms with E-state index in [1.54, 1.807) is 20.8 Å². The number of carbonyl (C=O) groups is 1. The van der Waals surface area contributed by atoms with E-state index in [0.29, 0.717) is 0 Å². The summed E-state index contributed by atoms with van der Waals surface area (Å²) in [6.07, 6.45) is -0.517. The van der Waals surface area contributed by atoms with Crippen LogP contribution < -0.4 is 0 Å². The molecule has 0 saturated carbocycles. The van der Waals surface area contributed by atoms with Crippen LogP contribution in [0.5, 0.6) is 0 Å². The average molecular weight is 302 g/mol. The fraction of sp³-hybridized carbons (Fsp3) is 0.500. The molecule has 1 aliphatic rings. The Morgan fingerprint density at radius 1 is 1.45 bits per heavy atom. The highest BCUT2D eigenvalue weighted by Crippen LogP contribution is 2.35. The van der Waals surface area contributed by atoms with E-state index in [0.717, 1.165) is 6.07 Å². The van der Waals surface area contributed by atoms with E-state index in [9.17, 15) is 14.3 Å². The molecular weight excluding hydrogens is 285 g/mol. The first-order chi connectivity index (χ1) is 9.11.